The zero-order valence-electron chi connectivity index (χ0n) is 14.2. The first-order valence-electron chi connectivity index (χ1n) is 8.16. The molecule has 2 aromatic heterocycles. The SMILES string of the molecule is CCC(C)(C)[C@@H]1CCc2nc3sc(C(=O)OC)c(N)c3cc2C1. The molecule has 2 aromatic rings. The minimum atomic E-state index is -0.381. The van der Waals surface area contributed by atoms with Gasteiger partial charge < -0.3 is 10.5 Å². The van der Waals surface area contributed by atoms with Crippen LogP contribution in [0, 0.1) is 11.3 Å². The Morgan fingerprint density at radius 3 is 2.91 bits per heavy atom. The molecule has 3 rings (SSSR count). The number of methoxy groups -OCH3 is 1. The predicted molar refractivity (Wildman–Crippen MR) is 95.0 cm³/mol. The maximum absolute atomic E-state index is 11.8. The molecule has 0 saturated carbocycles. The predicted octanol–water partition coefficient (Wildman–Crippen LogP) is 4.21. The lowest BCUT2D eigenvalue weighted by Gasteiger charge is -2.36. The Hall–Kier alpha value is -1.62. The van der Waals surface area contributed by atoms with Crippen LogP contribution in [0.3, 0.4) is 0 Å². The van der Waals surface area contributed by atoms with Crippen LogP contribution in [-0.4, -0.2) is 18.1 Å². The lowest BCUT2D eigenvalue weighted by molar-refractivity contribution is 0.0607. The Bertz CT molecular complexity index is 764. The second-order valence-electron chi connectivity index (χ2n) is 7.07. The summed E-state index contributed by atoms with van der Waals surface area (Å²) in [5, 5.41) is 0.893. The van der Waals surface area contributed by atoms with Crippen molar-refractivity contribution in [1.29, 1.82) is 0 Å². The van der Waals surface area contributed by atoms with E-state index in [0.29, 0.717) is 21.9 Å². The van der Waals surface area contributed by atoms with Crippen LogP contribution < -0.4 is 5.73 Å². The summed E-state index contributed by atoms with van der Waals surface area (Å²) in [4.78, 5) is 17.9. The van der Waals surface area contributed by atoms with Crippen molar-refractivity contribution in [2.45, 2.75) is 46.5 Å². The minimum Gasteiger partial charge on any atom is -0.465 e. The topological polar surface area (TPSA) is 65.2 Å². The highest BCUT2D eigenvalue weighted by Gasteiger charge is 2.32. The highest BCUT2D eigenvalue weighted by Crippen LogP contribution is 2.41. The van der Waals surface area contributed by atoms with E-state index in [1.165, 1.54) is 42.5 Å². The van der Waals surface area contributed by atoms with Crippen LogP contribution >= 0.6 is 11.3 Å². The molecule has 0 radical (unpaired) electrons. The molecule has 124 valence electrons. The number of hydrogen-bond acceptors (Lipinski definition) is 5. The number of anilines is 1. The highest BCUT2D eigenvalue weighted by molar-refractivity contribution is 7.21. The molecule has 2 heterocycles. The van der Waals surface area contributed by atoms with Gasteiger partial charge in [0.1, 0.15) is 9.71 Å². The van der Waals surface area contributed by atoms with Crippen molar-refractivity contribution in [3.63, 3.8) is 0 Å². The van der Waals surface area contributed by atoms with Gasteiger partial charge in [-0.2, -0.15) is 0 Å². The van der Waals surface area contributed by atoms with E-state index in [1.807, 2.05) is 0 Å². The minimum absolute atomic E-state index is 0.337. The smallest absolute Gasteiger partial charge is 0.350 e. The van der Waals surface area contributed by atoms with Gasteiger partial charge in [0.25, 0.3) is 0 Å². The summed E-state index contributed by atoms with van der Waals surface area (Å²) in [5.41, 5.74) is 9.46. The number of aryl methyl sites for hydroxylation is 1. The number of rotatable bonds is 3. The zero-order valence-corrected chi connectivity index (χ0v) is 15.0. The first-order valence-corrected chi connectivity index (χ1v) is 8.98. The molecule has 0 bridgehead atoms. The van der Waals surface area contributed by atoms with E-state index < -0.39 is 0 Å². The molecule has 0 spiro atoms. The van der Waals surface area contributed by atoms with E-state index in [0.717, 1.165) is 23.1 Å². The van der Waals surface area contributed by atoms with Crippen molar-refractivity contribution in [2.75, 3.05) is 12.8 Å². The fourth-order valence-corrected chi connectivity index (χ4v) is 4.40. The third-order valence-corrected chi connectivity index (χ3v) is 6.57. The molecule has 2 N–H and O–H groups in total. The summed E-state index contributed by atoms with van der Waals surface area (Å²) in [6.07, 6.45) is 4.40. The van der Waals surface area contributed by atoms with Crippen molar-refractivity contribution >= 4 is 33.2 Å². The lowest BCUT2D eigenvalue weighted by atomic mass is 9.69. The Morgan fingerprint density at radius 2 is 2.26 bits per heavy atom. The number of nitrogens with two attached hydrogens (primary N) is 1. The number of thiophene rings is 1. The van der Waals surface area contributed by atoms with Gasteiger partial charge in [-0.3, -0.25) is 0 Å². The Morgan fingerprint density at radius 1 is 1.52 bits per heavy atom. The highest BCUT2D eigenvalue weighted by atomic mass is 32.1. The fourth-order valence-electron chi connectivity index (χ4n) is 3.39. The number of carbonyl (C=O) groups is 1. The van der Waals surface area contributed by atoms with E-state index >= 15 is 0 Å². The second kappa shape index (κ2) is 5.78. The van der Waals surface area contributed by atoms with Crippen LogP contribution in [0.1, 0.15) is 54.5 Å². The first-order chi connectivity index (χ1) is 10.9. The van der Waals surface area contributed by atoms with E-state index in [-0.39, 0.29) is 5.97 Å². The van der Waals surface area contributed by atoms with Gasteiger partial charge in [0, 0.05) is 11.1 Å². The number of fused-ring (bicyclic) bond motifs is 2. The maximum atomic E-state index is 11.8. The van der Waals surface area contributed by atoms with Gasteiger partial charge in [-0.25, -0.2) is 9.78 Å². The molecule has 23 heavy (non-hydrogen) atoms. The summed E-state index contributed by atoms with van der Waals surface area (Å²) >= 11 is 1.33. The molecular formula is C18H24N2O2S. The summed E-state index contributed by atoms with van der Waals surface area (Å²) in [5.74, 6) is 0.285. The van der Waals surface area contributed by atoms with Crippen LogP contribution in [0.5, 0.6) is 0 Å². The van der Waals surface area contributed by atoms with E-state index in [4.69, 9.17) is 15.5 Å². The van der Waals surface area contributed by atoms with Crippen molar-refractivity contribution < 1.29 is 9.53 Å². The molecule has 5 heteroatoms. The van der Waals surface area contributed by atoms with Gasteiger partial charge >= 0.3 is 5.97 Å². The van der Waals surface area contributed by atoms with Crippen LogP contribution in [-0.2, 0) is 17.6 Å². The molecule has 1 aliphatic rings. The third kappa shape index (κ3) is 2.71. The molecule has 0 amide bonds. The molecule has 1 aliphatic carbocycles. The summed E-state index contributed by atoms with van der Waals surface area (Å²) < 4.78 is 4.81. The Balaban J connectivity index is 2.03. The summed E-state index contributed by atoms with van der Waals surface area (Å²) in [6.45, 7) is 6.96. The molecule has 0 fully saturated rings. The third-order valence-electron chi connectivity index (χ3n) is 5.47. The van der Waals surface area contributed by atoms with Crippen LogP contribution in [0.15, 0.2) is 6.07 Å². The molecule has 0 unspecified atom stereocenters. The Labute approximate surface area is 141 Å². The second-order valence-corrected chi connectivity index (χ2v) is 8.06. The van der Waals surface area contributed by atoms with Crippen molar-refractivity contribution in [2.24, 2.45) is 11.3 Å². The van der Waals surface area contributed by atoms with Crippen LogP contribution in [0.2, 0.25) is 0 Å². The zero-order chi connectivity index (χ0) is 16.8. The van der Waals surface area contributed by atoms with Gasteiger partial charge in [-0.1, -0.05) is 27.2 Å². The molecule has 4 nitrogen and oxygen atoms in total. The monoisotopic (exact) mass is 332 g/mol. The molecule has 0 aliphatic heterocycles. The van der Waals surface area contributed by atoms with Crippen LogP contribution in [0.4, 0.5) is 5.69 Å². The van der Waals surface area contributed by atoms with Crippen molar-refractivity contribution in [1.82, 2.24) is 4.98 Å². The summed E-state index contributed by atoms with van der Waals surface area (Å²) in [6, 6.07) is 2.15. The van der Waals surface area contributed by atoms with Crippen molar-refractivity contribution in [3.8, 4) is 0 Å². The van der Waals surface area contributed by atoms with E-state index in [1.54, 1.807) is 0 Å². The molecular weight excluding hydrogens is 308 g/mol. The van der Waals surface area contributed by atoms with E-state index in [9.17, 15) is 4.79 Å². The Kier molecular flexibility index (Phi) is 4.08. The van der Waals surface area contributed by atoms with Gasteiger partial charge in [0.2, 0.25) is 0 Å². The van der Waals surface area contributed by atoms with Crippen molar-refractivity contribution in [3.05, 3.63) is 22.2 Å². The lowest BCUT2D eigenvalue weighted by Crippen LogP contribution is -2.29. The summed E-state index contributed by atoms with van der Waals surface area (Å²) in [7, 11) is 1.38. The number of pyridine rings is 1. The van der Waals surface area contributed by atoms with E-state index in [2.05, 4.69) is 26.8 Å². The normalized spacial score (nSPS) is 18.0. The van der Waals surface area contributed by atoms with Crippen LogP contribution in [0.25, 0.3) is 10.2 Å². The number of carbonyl (C=O) groups excluding carboxylic acids is 1. The number of nitrogen functional groups attached to an aromatic ring is 1. The standard InChI is InChI=1S/C18H24N2O2S/c1-5-18(2,3)11-6-7-13-10(8-11)9-12-14(19)15(17(21)22-4)23-16(12)20-13/h9,11H,5-8,19H2,1-4H3/t11-/m1/s1. The fraction of sp³-hybridized carbons (Fsp3) is 0.556. The maximum Gasteiger partial charge on any atom is 0.350 e. The molecule has 1 atom stereocenters. The van der Waals surface area contributed by atoms with Gasteiger partial charge in [-0.15, -0.1) is 11.3 Å². The number of aromatic nitrogens is 1. The average Bonchev–Trinajstić information content (AvgIpc) is 2.87. The van der Waals surface area contributed by atoms with Gasteiger partial charge in [-0.05, 0) is 42.2 Å². The number of nitrogens with zero attached hydrogens (tertiary/aromatic N) is 1. The number of ether oxygens (including phenoxy) is 1. The number of esters is 1. The average molecular weight is 332 g/mol. The molecule has 0 aromatic carbocycles. The first kappa shape index (κ1) is 16.2. The molecule has 0 saturated heterocycles. The van der Waals surface area contributed by atoms with Gasteiger partial charge in [0.05, 0.1) is 12.8 Å². The largest absolute Gasteiger partial charge is 0.465 e. The van der Waals surface area contributed by atoms with Gasteiger partial charge in [0.15, 0.2) is 0 Å². The number of hydrogen-bond donors (Lipinski definition) is 1. The quantitative estimate of drug-likeness (QED) is 0.855.